The van der Waals surface area contributed by atoms with Crippen molar-refractivity contribution in [1.29, 1.82) is 0 Å². The van der Waals surface area contributed by atoms with E-state index in [2.05, 4.69) is 10.0 Å². The van der Waals surface area contributed by atoms with Crippen LogP contribution in [0.1, 0.15) is 26.2 Å². The number of hydrogen-bond acceptors (Lipinski definition) is 4. The van der Waals surface area contributed by atoms with Crippen LogP contribution in [0.15, 0.2) is 0 Å². The molecule has 0 heterocycles. The Labute approximate surface area is 97.0 Å². The van der Waals surface area contributed by atoms with E-state index in [9.17, 15) is 13.2 Å². The average Bonchev–Trinajstić information content (AvgIpc) is 2.19. The van der Waals surface area contributed by atoms with Crippen LogP contribution < -0.4 is 15.8 Å². The molecule has 4 N–H and O–H groups in total. The quantitative estimate of drug-likeness (QED) is 0.490. The summed E-state index contributed by atoms with van der Waals surface area (Å²) in [6, 6.07) is -0.502. The zero-order valence-corrected chi connectivity index (χ0v) is 10.6. The van der Waals surface area contributed by atoms with Crippen LogP contribution >= 0.6 is 0 Å². The Morgan fingerprint density at radius 2 is 2.00 bits per heavy atom. The van der Waals surface area contributed by atoms with Gasteiger partial charge in [0.1, 0.15) is 0 Å². The molecule has 0 aromatic rings. The number of amides is 1. The fourth-order valence-corrected chi connectivity index (χ4v) is 1.58. The monoisotopic (exact) mass is 251 g/mol. The van der Waals surface area contributed by atoms with E-state index in [0.717, 1.165) is 19.1 Å². The summed E-state index contributed by atoms with van der Waals surface area (Å²) in [7, 11) is -3.19. The van der Waals surface area contributed by atoms with Crippen molar-refractivity contribution in [3.8, 4) is 0 Å². The molecule has 0 rings (SSSR count). The number of nitrogens with one attached hydrogen (secondary N) is 2. The molecule has 16 heavy (non-hydrogen) atoms. The molecule has 0 saturated carbocycles. The minimum atomic E-state index is -3.19. The summed E-state index contributed by atoms with van der Waals surface area (Å²) in [6.45, 7) is 2.47. The Balaban J connectivity index is 3.65. The summed E-state index contributed by atoms with van der Waals surface area (Å²) in [4.78, 5) is 11.4. The molecule has 0 aliphatic heterocycles. The van der Waals surface area contributed by atoms with Gasteiger partial charge in [-0.2, -0.15) is 0 Å². The Morgan fingerprint density at radius 1 is 1.38 bits per heavy atom. The molecule has 6 nitrogen and oxygen atoms in total. The first kappa shape index (κ1) is 15.3. The number of carbonyl (C=O) groups is 1. The van der Waals surface area contributed by atoms with Crippen LogP contribution in [-0.2, 0) is 14.8 Å². The van der Waals surface area contributed by atoms with Gasteiger partial charge in [0, 0.05) is 13.1 Å². The zero-order chi connectivity index (χ0) is 12.6. The minimum absolute atomic E-state index is 0.186. The van der Waals surface area contributed by atoms with Gasteiger partial charge in [-0.1, -0.05) is 19.8 Å². The second-order valence-electron chi connectivity index (χ2n) is 3.71. The number of sulfonamides is 1. The van der Waals surface area contributed by atoms with Gasteiger partial charge in [-0.05, 0) is 6.42 Å². The minimum Gasteiger partial charge on any atom is -0.353 e. The molecule has 96 valence electrons. The van der Waals surface area contributed by atoms with Crippen molar-refractivity contribution >= 4 is 15.9 Å². The molecule has 1 atom stereocenters. The van der Waals surface area contributed by atoms with Gasteiger partial charge < -0.3 is 11.1 Å². The number of hydrogen-bond donors (Lipinski definition) is 3. The second-order valence-corrected chi connectivity index (χ2v) is 5.54. The van der Waals surface area contributed by atoms with Crippen LogP contribution in [0.3, 0.4) is 0 Å². The molecule has 0 aliphatic carbocycles. The van der Waals surface area contributed by atoms with E-state index in [1.807, 2.05) is 6.92 Å². The molecule has 7 heteroatoms. The highest BCUT2D eigenvalue weighted by atomic mass is 32.2. The lowest BCUT2D eigenvalue weighted by molar-refractivity contribution is -0.122. The maximum atomic E-state index is 11.4. The van der Waals surface area contributed by atoms with Crippen LogP contribution in [0, 0.1) is 0 Å². The van der Waals surface area contributed by atoms with Gasteiger partial charge >= 0.3 is 0 Å². The van der Waals surface area contributed by atoms with Gasteiger partial charge in [-0.3, -0.25) is 4.79 Å². The van der Waals surface area contributed by atoms with Crippen molar-refractivity contribution < 1.29 is 13.2 Å². The van der Waals surface area contributed by atoms with E-state index >= 15 is 0 Å². The van der Waals surface area contributed by atoms with E-state index in [0.29, 0.717) is 6.42 Å². The van der Waals surface area contributed by atoms with Crippen molar-refractivity contribution in [3.63, 3.8) is 0 Å². The lowest BCUT2D eigenvalue weighted by Gasteiger charge is -2.11. The highest BCUT2D eigenvalue weighted by Crippen LogP contribution is 1.97. The summed E-state index contributed by atoms with van der Waals surface area (Å²) in [5.41, 5.74) is 5.62. The number of nitrogens with two attached hydrogens (primary N) is 1. The first-order chi connectivity index (χ1) is 7.37. The van der Waals surface area contributed by atoms with Crippen LogP contribution in [0.5, 0.6) is 0 Å². The maximum absolute atomic E-state index is 11.4. The molecule has 0 saturated heterocycles. The summed E-state index contributed by atoms with van der Waals surface area (Å²) < 4.78 is 23.7. The predicted octanol–water partition coefficient (Wildman–Crippen LogP) is -0.831. The molecule has 0 bridgehead atoms. The largest absolute Gasteiger partial charge is 0.353 e. The first-order valence-corrected chi connectivity index (χ1v) is 7.24. The third kappa shape index (κ3) is 8.63. The maximum Gasteiger partial charge on any atom is 0.236 e. The lowest BCUT2D eigenvalue weighted by Crippen LogP contribution is -2.43. The van der Waals surface area contributed by atoms with Crippen molar-refractivity contribution in [3.05, 3.63) is 0 Å². The van der Waals surface area contributed by atoms with Crippen LogP contribution in [0.2, 0.25) is 0 Å². The molecular weight excluding hydrogens is 230 g/mol. The van der Waals surface area contributed by atoms with E-state index in [4.69, 9.17) is 5.73 Å². The van der Waals surface area contributed by atoms with Gasteiger partial charge in [0.2, 0.25) is 15.9 Å². The van der Waals surface area contributed by atoms with Crippen molar-refractivity contribution in [2.75, 3.05) is 19.3 Å². The van der Waals surface area contributed by atoms with Crippen molar-refractivity contribution in [2.24, 2.45) is 5.73 Å². The fraction of sp³-hybridized carbons (Fsp3) is 0.889. The molecule has 0 aliphatic rings. The van der Waals surface area contributed by atoms with E-state index < -0.39 is 16.1 Å². The highest BCUT2D eigenvalue weighted by molar-refractivity contribution is 7.88. The smallest absolute Gasteiger partial charge is 0.236 e. The average molecular weight is 251 g/mol. The fourth-order valence-electron chi connectivity index (χ4n) is 1.11. The number of rotatable bonds is 8. The predicted molar refractivity (Wildman–Crippen MR) is 63.4 cm³/mol. The van der Waals surface area contributed by atoms with E-state index in [-0.39, 0.29) is 19.0 Å². The van der Waals surface area contributed by atoms with Crippen molar-refractivity contribution in [2.45, 2.75) is 32.2 Å². The molecule has 0 aromatic heterocycles. The topological polar surface area (TPSA) is 101 Å². The Morgan fingerprint density at radius 3 is 2.50 bits per heavy atom. The lowest BCUT2D eigenvalue weighted by atomic mass is 10.1. The van der Waals surface area contributed by atoms with Crippen LogP contribution in [0.25, 0.3) is 0 Å². The molecule has 0 radical (unpaired) electrons. The zero-order valence-electron chi connectivity index (χ0n) is 9.82. The molecule has 1 amide bonds. The number of carbonyl (C=O) groups excluding carboxylic acids is 1. The Kier molecular flexibility index (Phi) is 7.27. The summed E-state index contributed by atoms with van der Waals surface area (Å²) in [6.07, 6.45) is 3.64. The van der Waals surface area contributed by atoms with Gasteiger partial charge in [-0.25, -0.2) is 13.1 Å². The Bertz CT molecular complexity index is 303. The van der Waals surface area contributed by atoms with Crippen molar-refractivity contribution in [1.82, 2.24) is 10.0 Å². The molecule has 0 spiro atoms. The summed E-state index contributed by atoms with van der Waals surface area (Å²) >= 11 is 0. The molecule has 0 unspecified atom stereocenters. The third-order valence-corrected chi connectivity index (χ3v) is 2.72. The van der Waals surface area contributed by atoms with Gasteiger partial charge in [0.25, 0.3) is 0 Å². The molecule has 0 aromatic carbocycles. The third-order valence-electron chi connectivity index (χ3n) is 1.99. The molecule has 0 fully saturated rings. The summed E-state index contributed by atoms with van der Waals surface area (Å²) in [5, 5.41) is 2.57. The van der Waals surface area contributed by atoms with E-state index in [1.54, 1.807) is 0 Å². The van der Waals surface area contributed by atoms with Gasteiger partial charge in [-0.15, -0.1) is 0 Å². The normalized spacial score (nSPS) is 13.4. The standard InChI is InChI=1S/C9H21N3O3S/c1-3-4-5-8(10)9(13)11-6-7-12-16(2,14)15/h8,12H,3-7,10H2,1-2H3,(H,11,13)/t8-/m0/s1. The van der Waals surface area contributed by atoms with Gasteiger partial charge in [0.05, 0.1) is 12.3 Å². The second kappa shape index (κ2) is 7.59. The SMILES string of the molecule is CCCC[C@H](N)C(=O)NCCNS(C)(=O)=O. The highest BCUT2D eigenvalue weighted by Gasteiger charge is 2.11. The van der Waals surface area contributed by atoms with E-state index in [1.165, 1.54) is 0 Å². The first-order valence-electron chi connectivity index (χ1n) is 5.34. The van der Waals surface area contributed by atoms with Crippen LogP contribution in [0.4, 0.5) is 0 Å². The molecular formula is C9H21N3O3S. The van der Waals surface area contributed by atoms with Crippen LogP contribution in [-0.4, -0.2) is 39.7 Å². The van der Waals surface area contributed by atoms with Gasteiger partial charge in [0.15, 0.2) is 0 Å². The number of unbranched alkanes of at least 4 members (excludes halogenated alkanes) is 1. The summed E-state index contributed by atoms with van der Waals surface area (Å²) in [5.74, 6) is -0.233. The Hall–Kier alpha value is -0.660.